The van der Waals surface area contributed by atoms with Gasteiger partial charge in [0.1, 0.15) is 17.9 Å². The molecule has 1 saturated heterocycles. The molecule has 210 valence electrons. The zero-order valence-electron chi connectivity index (χ0n) is 22.9. The number of fused-ring (bicyclic) bond motifs is 1. The maximum atomic E-state index is 12.1. The molecule has 0 spiro atoms. The minimum Gasteiger partial charge on any atom is -0.493 e. The third-order valence-electron chi connectivity index (χ3n) is 6.86. The lowest BCUT2D eigenvalue weighted by molar-refractivity contribution is -0.110. The summed E-state index contributed by atoms with van der Waals surface area (Å²) in [4.78, 5) is 23.3. The summed E-state index contributed by atoms with van der Waals surface area (Å²) in [5, 5.41) is 18.3. The van der Waals surface area contributed by atoms with E-state index in [0.29, 0.717) is 56.5 Å². The average Bonchev–Trinajstić information content (AvgIpc) is 3.51. The van der Waals surface area contributed by atoms with E-state index in [0.717, 1.165) is 41.0 Å². The van der Waals surface area contributed by atoms with Crippen LogP contribution in [0.2, 0.25) is 0 Å². The maximum Gasteiger partial charge on any atom is 0.228 e. The predicted molar refractivity (Wildman–Crippen MR) is 149 cm³/mol. The van der Waals surface area contributed by atoms with Gasteiger partial charge in [0.15, 0.2) is 17.3 Å². The molecule has 0 saturated carbocycles. The van der Waals surface area contributed by atoms with Crippen molar-refractivity contribution in [2.45, 2.75) is 32.8 Å². The Labute approximate surface area is 232 Å². The zero-order valence-corrected chi connectivity index (χ0v) is 22.9. The van der Waals surface area contributed by atoms with Crippen molar-refractivity contribution < 1.29 is 19.0 Å². The van der Waals surface area contributed by atoms with Gasteiger partial charge in [-0.2, -0.15) is 0 Å². The van der Waals surface area contributed by atoms with Crippen LogP contribution in [0, 0.1) is 0 Å². The number of aromatic amines is 1. The number of anilines is 2. The molecule has 3 heterocycles. The molecular formula is C27H33N9O4. The van der Waals surface area contributed by atoms with Gasteiger partial charge in [-0.25, -0.2) is 25.1 Å². The molecule has 0 radical (unpaired) electrons. The highest BCUT2D eigenvalue weighted by Crippen LogP contribution is 2.35. The molecule has 1 atom stereocenters. The molecule has 1 aliphatic rings. The summed E-state index contributed by atoms with van der Waals surface area (Å²) in [6.07, 6.45) is 4.01. The van der Waals surface area contributed by atoms with Gasteiger partial charge < -0.3 is 19.1 Å². The first kappa shape index (κ1) is 27.1. The lowest BCUT2D eigenvalue weighted by Crippen LogP contribution is -2.54. The minimum absolute atomic E-state index is 0.140. The maximum absolute atomic E-state index is 12.1. The Morgan fingerprint density at radius 2 is 1.90 bits per heavy atom. The van der Waals surface area contributed by atoms with Crippen molar-refractivity contribution in [1.82, 2.24) is 35.6 Å². The van der Waals surface area contributed by atoms with Gasteiger partial charge in [-0.1, -0.05) is 6.92 Å². The number of rotatable bonds is 12. The lowest BCUT2D eigenvalue weighted by Gasteiger charge is -2.40. The van der Waals surface area contributed by atoms with Crippen molar-refractivity contribution in [3.63, 3.8) is 0 Å². The fourth-order valence-electron chi connectivity index (χ4n) is 4.52. The number of aromatic nitrogens is 6. The Balaban J connectivity index is 1.26. The number of benzene rings is 2. The minimum atomic E-state index is 0.140. The monoisotopic (exact) mass is 547 g/mol. The predicted octanol–water partition coefficient (Wildman–Crippen LogP) is 2.65. The fraction of sp³-hybridized carbons (Fsp3) is 0.407. The number of methoxy groups -OCH3 is 1. The summed E-state index contributed by atoms with van der Waals surface area (Å²) < 4.78 is 17.4. The number of hydrogen-bond donors (Lipinski definition) is 1. The zero-order chi connectivity index (χ0) is 27.9. The van der Waals surface area contributed by atoms with E-state index < -0.39 is 0 Å². The Kier molecular flexibility index (Phi) is 8.50. The summed E-state index contributed by atoms with van der Waals surface area (Å²) in [6, 6.07) is 11.4. The summed E-state index contributed by atoms with van der Waals surface area (Å²) in [5.41, 5.74) is 1.54. The van der Waals surface area contributed by atoms with E-state index in [1.54, 1.807) is 18.4 Å². The Hall–Kier alpha value is -4.52. The van der Waals surface area contributed by atoms with Gasteiger partial charge in [0, 0.05) is 44.1 Å². The SMILES string of the molecule is CCC(C)Oc1ccc(N(C=O)N2CCN(c3ncnc4cc(OCCc5nnn[nH]5)c(OC)cc34)CC2)cc1. The molecule has 5 rings (SSSR count). The molecule has 1 fully saturated rings. The molecule has 1 aliphatic heterocycles. The van der Waals surface area contributed by atoms with Crippen molar-refractivity contribution in [2.75, 3.05) is 49.8 Å². The van der Waals surface area contributed by atoms with Crippen LogP contribution in [0.4, 0.5) is 11.5 Å². The molecule has 13 heteroatoms. The second-order valence-electron chi connectivity index (χ2n) is 9.39. The molecule has 2 aromatic carbocycles. The van der Waals surface area contributed by atoms with Gasteiger partial charge in [0.05, 0.1) is 31.0 Å². The summed E-state index contributed by atoms with van der Waals surface area (Å²) in [6.45, 7) is 7.14. The number of nitrogens with zero attached hydrogens (tertiary/aromatic N) is 8. The smallest absolute Gasteiger partial charge is 0.228 e. The fourth-order valence-corrected chi connectivity index (χ4v) is 4.52. The van der Waals surface area contributed by atoms with Crippen LogP contribution < -0.4 is 24.1 Å². The van der Waals surface area contributed by atoms with Gasteiger partial charge in [-0.05, 0) is 54.1 Å². The second-order valence-corrected chi connectivity index (χ2v) is 9.39. The summed E-state index contributed by atoms with van der Waals surface area (Å²) in [7, 11) is 1.60. The largest absolute Gasteiger partial charge is 0.493 e. The number of ether oxygens (including phenoxy) is 3. The normalized spacial score (nSPS) is 14.6. The van der Waals surface area contributed by atoms with Gasteiger partial charge in [0.25, 0.3) is 0 Å². The van der Waals surface area contributed by atoms with Crippen molar-refractivity contribution in [1.29, 1.82) is 0 Å². The Bertz CT molecular complexity index is 1390. The molecule has 0 aliphatic carbocycles. The van der Waals surface area contributed by atoms with Crippen molar-refractivity contribution >= 4 is 28.8 Å². The third-order valence-corrected chi connectivity index (χ3v) is 6.86. The van der Waals surface area contributed by atoms with Crippen molar-refractivity contribution in [3.05, 3.63) is 48.5 Å². The van der Waals surface area contributed by atoms with E-state index in [-0.39, 0.29) is 6.10 Å². The Morgan fingerprint density at radius 3 is 2.58 bits per heavy atom. The van der Waals surface area contributed by atoms with Crippen LogP contribution in [0.5, 0.6) is 17.2 Å². The van der Waals surface area contributed by atoms with Crippen LogP contribution in [-0.2, 0) is 11.2 Å². The van der Waals surface area contributed by atoms with Gasteiger partial charge in [-0.3, -0.25) is 4.79 Å². The molecule has 1 unspecified atom stereocenters. The molecule has 2 aromatic heterocycles. The molecule has 1 N–H and O–H groups in total. The average molecular weight is 548 g/mol. The van der Waals surface area contributed by atoms with Gasteiger partial charge in [-0.15, -0.1) is 5.10 Å². The van der Waals surface area contributed by atoms with Crippen LogP contribution in [-0.4, -0.2) is 88.0 Å². The van der Waals surface area contributed by atoms with Crippen LogP contribution in [0.25, 0.3) is 10.9 Å². The van der Waals surface area contributed by atoms with Gasteiger partial charge >= 0.3 is 0 Å². The standard InChI is InChI=1S/C27H33N9O4/c1-4-19(2)40-21-7-5-20(6-8-21)36(18-37)35-12-10-34(11-13-35)27-22-15-24(38-3)25(16-23(22)28-17-29-27)39-14-9-26-30-32-33-31-26/h5-8,15-19H,4,9-14H2,1-3H3,(H,30,31,32,33). The number of hydrogen-bond acceptors (Lipinski definition) is 11. The first-order valence-electron chi connectivity index (χ1n) is 13.3. The highest BCUT2D eigenvalue weighted by Gasteiger charge is 2.25. The van der Waals surface area contributed by atoms with Crippen molar-refractivity contribution in [3.8, 4) is 17.2 Å². The van der Waals surface area contributed by atoms with E-state index in [1.165, 1.54) is 0 Å². The number of carbonyl (C=O) groups is 1. The van der Waals surface area contributed by atoms with Crippen LogP contribution in [0.15, 0.2) is 42.7 Å². The highest BCUT2D eigenvalue weighted by molar-refractivity contribution is 5.92. The number of tetrazole rings is 1. The molecule has 4 aromatic rings. The lowest BCUT2D eigenvalue weighted by atomic mass is 10.2. The number of nitrogens with one attached hydrogen (secondary N) is 1. The Morgan fingerprint density at radius 1 is 1.10 bits per heavy atom. The summed E-state index contributed by atoms with van der Waals surface area (Å²) >= 11 is 0. The van der Waals surface area contributed by atoms with E-state index >= 15 is 0 Å². The molecular weight excluding hydrogens is 514 g/mol. The van der Waals surface area contributed by atoms with E-state index in [2.05, 4.69) is 42.4 Å². The summed E-state index contributed by atoms with van der Waals surface area (Å²) in [5.74, 6) is 3.42. The van der Waals surface area contributed by atoms with Crippen LogP contribution in [0.1, 0.15) is 26.1 Å². The van der Waals surface area contributed by atoms with E-state index in [9.17, 15) is 4.79 Å². The van der Waals surface area contributed by atoms with E-state index in [4.69, 9.17) is 14.2 Å². The first-order valence-corrected chi connectivity index (χ1v) is 13.3. The van der Waals surface area contributed by atoms with Crippen molar-refractivity contribution in [2.24, 2.45) is 0 Å². The quantitative estimate of drug-likeness (QED) is 0.262. The molecule has 1 amide bonds. The molecule has 0 bridgehead atoms. The third kappa shape index (κ3) is 6.04. The molecule has 13 nitrogen and oxygen atoms in total. The number of H-pyrrole nitrogens is 1. The van der Waals surface area contributed by atoms with Gasteiger partial charge in [0.2, 0.25) is 6.41 Å². The van der Waals surface area contributed by atoms with Crippen LogP contribution in [0.3, 0.4) is 0 Å². The number of piperazine rings is 1. The van der Waals surface area contributed by atoms with Crippen LogP contribution >= 0.6 is 0 Å². The van der Waals surface area contributed by atoms with E-state index in [1.807, 2.05) is 48.3 Å². The number of carbonyl (C=O) groups excluding carboxylic acids is 1. The first-order chi connectivity index (χ1) is 19.6. The number of hydrazine groups is 1. The highest BCUT2D eigenvalue weighted by atomic mass is 16.5. The molecule has 40 heavy (non-hydrogen) atoms. The second kappa shape index (κ2) is 12.6. The number of amides is 1. The topological polar surface area (TPSA) is 135 Å².